The molecule has 0 saturated heterocycles. The zero-order valence-electron chi connectivity index (χ0n) is 14.3. The second-order valence-corrected chi connectivity index (χ2v) is 8.36. The SMILES string of the molecule is Cc1ccc(S(=O)(=O)Nc2ccc(OC(=O)c3ccccc3)c(Br)c2)cc1. The van der Waals surface area contributed by atoms with Crippen LogP contribution in [0.2, 0.25) is 0 Å². The third kappa shape index (κ3) is 4.75. The Morgan fingerprint density at radius 3 is 2.26 bits per heavy atom. The molecular weight excluding hydrogens is 430 g/mol. The molecule has 0 aliphatic heterocycles. The Hall–Kier alpha value is -2.64. The van der Waals surface area contributed by atoms with E-state index >= 15 is 0 Å². The molecule has 5 nitrogen and oxygen atoms in total. The zero-order chi connectivity index (χ0) is 19.4. The predicted molar refractivity (Wildman–Crippen MR) is 108 cm³/mol. The molecule has 0 saturated carbocycles. The first kappa shape index (κ1) is 19.1. The van der Waals surface area contributed by atoms with Gasteiger partial charge in [-0.15, -0.1) is 0 Å². The fourth-order valence-electron chi connectivity index (χ4n) is 2.31. The van der Waals surface area contributed by atoms with Gasteiger partial charge >= 0.3 is 5.97 Å². The summed E-state index contributed by atoms with van der Waals surface area (Å²) >= 11 is 3.31. The maximum Gasteiger partial charge on any atom is 0.343 e. The van der Waals surface area contributed by atoms with Crippen LogP contribution in [0, 0.1) is 6.92 Å². The third-order valence-corrected chi connectivity index (χ3v) is 5.74. The molecule has 0 aromatic heterocycles. The molecule has 0 unspecified atom stereocenters. The van der Waals surface area contributed by atoms with Crippen LogP contribution in [0.25, 0.3) is 0 Å². The highest BCUT2D eigenvalue weighted by Crippen LogP contribution is 2.30. The molecule has 0 heterocycles. The summed E-state index contributed by atoms with van der Waals surface area (Å²) in [5, 5.41) is 0. The summed E-state index contributed by atoms with van der Waals surface area (Å²) < 4.78 is 33.2. The number of aryl methyl sites for hydroxylation is 1. The molecule has 138 valence electrons. The van der Waals surface area contributed by atoms with Crippen molar-refractivity contribution in [1.29, 1.82) is 0 Å². The van der Waals surface area contributed by atoms with Crippen molar-refractivity contribution in [3.63, 3.8) is 0 Å². The molecule has 0 spiro atoms. The maximum atomic E-state index is 12.5. The van der Waals surface area contributed by atoms with E-state index in [4.69, 9.17) is 4.74 Å². The highest BCUT2D eigenvalue weighted by Gasteiger charge is 2.16. The minimum Gasteiger partial charge on any atom is -0.422 e. The van der Waals surface area contributed by atoms with Crippen LogP contribution in [0.3, 0.4) is 0 Å². The minimum absolute atomic E-state index is 0.170. The van der Waals surface area contributed by atoms with Crippen molar-refractivity contribution in [1.82, 2.24) is 0 Å². The summed E-state index contributed by atoms with van der Waals surface area (Å²) in [7, 11) is -3.70. The lowest BCUT2D eigenvalue weighted by atomic mass is 10.2. The Morgan fingerprint density at radius 1 is 0.963 bits per heavy atom. The monoisotopic (exact) mass is 445 g/mol. The van der Waals surface area contributed by atoms with Gasteiger partial charge in [0.05, 0.1) is 20.6 Å². The average Bonchev–Trinajstić information content (AvgIpc) is 2.64. The number of ether oxygens (including phenoxy) is 1. The Kier molecular flexibility index (Phi) is 5.62. The summed E-state index contributed by atoms with van der Waals surface area (Å²) in [5.74, 6) is -0.202. The lowest BCUT2D eigenvalue weighted by Crippen LogP contribution is -2.13. The summed E-state index contributed by atoms with van der Waals surface area (Å²) in [6.45, 7) is 1.89. The van der Waals surface area contributed by atoms with Crippen LogP contribution in [0.5, 0.6) is 5.75 Å². The van der Waals surface area contributed by atoms with Gasteiger partial charge in [-0.2, -0.15) is 0 Å². The smallest absolute Gasteiger partial charge is 0.343 e. The second-order valence-electron chi connectivity index (χ2n) is 5.82. The summed E-state index contributed by atoms with van der Waals surface area (Å²) in [5.41, 5.74) is 1.75. The van der Waals surface area contributed by atoms with Gasteiger partial charge in [0, 0.05) is 0 Å². The van der Waals surface area contributed by atoms with Crippen LogP contribution >= 0.6 is 15.9 Å². The third-order valence-electron chi connectivity index (χ3n) is 3.73. The van der Waals surface area contributed by atoms with Crippen molar-refractivity contribution in [2.75, 3.05) is 4.72 Å². The molecule has 0 aliphatic carbocycles. The van der Waals surface area contributed by atoms with Crippen LogP contribution in [-0.4, -0.2) is 14.4 Å². The summed E-state index contributed by atoms with van der Waals surface area (Å²) in [6.07, 6.45) is 0. The molecule has 0 amide bonds. The topological polar surface area (TPSA) is 72.5 Å². The van der Waals surface area contributed by atoms with Gasteiger partial charge in [-0.25, -0.2) is 13.2 Å². The van der Waals surface area contributed by atoms with Gasteiger partial charge in [-0.3, -0.25) is 4.72 Å². The molecule has 0 fully saturated rings. The Balaban J connectivity index is 1.76. The lowest BCUT2D eigenvalue weighted by molar-refractivity contribution is 0.0733. The highest BCUT2D eigenvalue weighted by molar-refractivity contribution is 9.10. The number of carbonyl (C=O) groups excluding carboxylic acids is 1. The van der Waals surface area contributed by atoms with Gasteiger partial charge in [0.2, 0.25) is 0 Å². The predicted octanol–water partition coefficient (Wildman–Crippen LogP) is 4.78. The number of nitrogens with one attached hydrogen (secondary N) is 1. The number of hydrogen-bond donors (Lipinski definition) is 1. The van der Waals surface area contributed by atoms with E-state index in [1.54, 1.807) is 54.6 Å². The van der Waals surface area contributed by atoms with Crippen molar-refractivity contribution in [3.8, 4) is 5.75 Å². The number of halogens is 1. The van der Waals surface area contributed by atoms with E-state index in [1.807, 2.05) is 13.0 Å². The molecule has 1 N–H and O–H groups in total. The normalized spacial score (nSPS) is 11.0. The van der Waals surface area contributed by atoms with Crippen molar-refractivity contribution in [2.45, 2.75) is 11.8 Å². The molecule has 3 rings (SSSR count). The van der Waals surface area contributed by atoms with Gasteiger partial charge in [-0.1, -0.05) is 35.9 Å². The van der Waals surface area contributed by atoms with Crippen molar-refractivity contribution < 1.29 is 17.9 Å². The van der Waals surface area contributed by atoms with E-state index in [-0.39, 0.29) is 4.90 Å². The number of rotatable bonds is 5. The molecular formula is C20H16BrNO4S. The average molecular weight is 446 g/mol. The van der Waals surface area contributed by atoms with E-state index < -0.39 is 16.0 Å². The molecule has 0 radical (unpaired) electrons. The van der Waals surface area contributed by atoms with Crippen LogP contribution in [0.1, 0.15) is 15.9 Å². The Labute approximate surface area is 166 Å². The number of anilines is 1. The molecule has 0 bridgehead atoms. The van der Waals surface area contributed by atoms with Gasteiger partial charge in [0.25, 0.3) is 10.0 Å². The lowest BCUT2D eigenvalue weighted by Gasteiger charge is -2.11. The largest absolute Gasteiger partial charge is 0.422 e. The zero-order valence-corrected chi connectivity index (χ0v) is 16.7. The summed E-state index contributed by atoms with van der Waals surface area (Å²) in [6, 6.07) is 19.8. The quantitative estimate of drug-likeness (QED) is 0.453. The first-order valence-corrected chi connectivity index (χ1v) is 10.3. The van der Waals surface area contributed by atoms with E-state index in [9.17, 15) is 13.2 Å². The molecule has 3 aromatic carbocycles. The van der Waals surface area contributed by atoms with Gasteiger partial charge < -0.3 is 4.74 Å². The van der Waals surface area contributed by atoms with Crippen molar-refractivity contribution >= 4 is 37.6 Å². The van der Waals surface area contributed by atoms with Gasteiger partial charge in [0.1, 0.15) is 5.75 Å². The minimum atomic E-state index is -3.70. The van der Waals surface area contributed by atoms with Crippen LogP contribution in [0.15, 0.2) is 82.2 Å². The number of hydrogen-bond acceptors (Lipinski definition) is 4. The van der Waals surface area contributed by atoms with Crippen LogP contribution in [0.4, 0.5) is 5.69 Å². The van der Waals surface area contributed by atoms with E-state index in [1.165, 1.54) is 12.1 Å². The van der Waals surface area contributed by atoms with E-state index in [2.05, 4.69) is 20.7 Å². The highest BCUT2D eigenvalue weighted by atomic mass is 79.9. The molecule has 7 heteroatoms. The van der Waals surface area contributed by atoms with Gasteiger partial charge in [0.15, 0.2) is 0 Å². The van der Waals surface area contributed by atoms with Crippen molar-refractivity contribution in [3.05, 3.63) is 88.4 Å². The van der Waals surface area contributed by atoms with Crippen molar-refractivity contribution in [2.24, 2.45) is 0 Å². The number of esters is 1. The fraction of sp³-hybridized carbons (Fsp3) is 0.0500. The van der Waals surface area contributed by atoms with Crippen LogP contribution in [-0.2, 0) is 10.0 Å². The summed E-state index contributed by atoms with van der Waals surface area (Å²) in [4.78, 5) is 12.3. The Bertz CT molecular complexity index is 1060. The Morgan fingerprint density at radius 2 is 1.63 bits per heavy atom. The molecule has 27 heavy (non-hydrogen) atoms. The van der Waals surface area contributed by atoms with Gasteiger partial charge in [-0.05, 0) is 65.3 Å². The number of sulfonamides is 1. The maximum absolute atomic E-state index is 12.5. The number of benzene rings is 3. The first-order chi connectivity index (χ1) is 12.8. The standard InChI is InChI=1S/C20H16BrNO4S/c1-14-7-10-17(11-8-14)27(24,25)22-16-9-12-19(18(21)13-16)26-20(23)15-5-3-2-4-6-15/h2-13,22H,1H3. The van der Waals surface area contributed by atoms with Crippen LogP contribution < -0.4 is 9.46 Å². The van der Waals surface area contributed by atoms with E-state index in [0.717, 1.165) is 5.56 Å². The van der Waals surface area contributed by atoms with E-state index in [0.29, 0.717) is 21.5 Å². The first-order valence-electron chi connectivity index (χ1n) is 8.01. The molecule has 3 aromatic rings. The molecule has 0 aliphatic rings. The fourth-order valence-corrected chi connectivity index (χ4v) is 3.82. The number of carbonyl (C=O) groups is 1. The second kappa shape index (κ2) is 7.94. The molecule has 0 atom stereocenters.